The van der Waals surface area contributed by atoms with E-state index >= 15 is 0 Å². The van der Waals surface area contributed by atoms with Gasteiger partial charge in [-0.3, -0.25) is 9.59 Å². The lowest BCUT2D eigenvalue weighted by molar-refractivity contribution is -0.125. The monoisotopic (exact) mass is 316 g/mol. The summed E-state index contributed by atoms with van der Waals surface area (Å²) in [7, 11) is 0. The van der Waals surface area contributed by atoms with Crippen molar-refractivity contribution in [2.24, 2.45) is 5.92 Å². The number of hydrogen-bond acceptors (Lipinski definition) is 5. The highest BCUT2D eigenvalue weighted by atomic mass is 16.2. The second kappa shape index (κ2) is 8.02. The van der Waals surface area contributed by atoms with Gasteiger partial charge in [0.1, 0.15) is 6.54 Å². The molecule has 2 aromatic rings. The number of carbonyl (C=O) groups is 2. The molecule has 0 atom stereocenters. The van der Waals surface area contributed by atoms with Crippen LogP contribution < -0.4 is 10.6 Å². The molecular formula is C15H20N6O2. The van der Waals surface area contributed by atoms with Crippen LogP contribution in [0.2, 0.25) is 0 Å². The summed E-state index contributed by atoms with van der Waals surface area (Å²) < 4.78 is 0. The van der Waals surface area contributed by atoms with E-state index in [1.54, 1.807) is 0 Å². The lowest BCUT2D eigenvalue weighted by Crippen LogP contribution is -2.37. The van der Waals surface area contributed by atoms with E-state index in [1.807, 2.05) is 44.2 Å². The Morgan fingerprint density at radius 2 is 1.83 bits per heavy atom. The number of nitrogens with one attached hydrogen (secondary N) is 2. The lowest BCUT2D eigenvalue weighted by Gasteiger charge is -2.08. The van der Waals surface area contributed by atoms with Crippen molar-refractivity contribution >= 4 is 11.8 Å². The molecule has 2 N–H and O–H groups in total. The molecule has 122 valence electrons. The fourth-order valence-corrected chi connectivity index (χ4v) is 1.79. The fourth-order valence-electron chi connectivity index (χ4n) is 1.79. The molecule has 0 aliphatic rings. The molecule has 0 unspecified atom stereocenters. The van der Waals surface area contributed by atoms with E-state index in [2.05, 4.69) is 26.0 Å². The molecule has 23 heavy (non-hydrogen) atoms. The molecule has 2 amide bonds. The first-order valence-corrected chi connectivity index (χ1v) is 7.44. The molecule has 8 nitrogen and oxygen atoms in total. The van der Waals surface area contributed by atoms with Crippen LogP contribution in [0.25, 0.3) is 11.4 Å². The molecule has 0 radical (unpaired) electrons. The van der Waals surface area contributed by atoms with Crippen molar-refractivity contribution in [1.29, 1.82) is 0 Å². The number of benzene rings is 1. The van der Waals surface area contributed by atoms with Crippen LogP contribution >= 0.6 is 0 Å². The third kappa shape index (κ3) is 5.17. The Bertz CT molecular complexity index is 653. The van der Waals surface area contributed by atoms with Gasteiger partial charge in [0.25, 0.3) is 0 Å². The number of amides is 2. The highest BCUT2D eigenvalue weighted by Crippen LogP contribution is 2.11. The maximum Gasteiger partial charge on any atom is 0.243 e. The highest BCUT2D eigenvalue weighted by molar-refractivity contribution is 5.78. The van der Waals surface area contributed by atoms with Crippen molar-refractivity contribution in [3.05, 3.63) is 30.3 Å². The van der Waals surface area contributed by atoms with Gasteiger partial charge in [-0.2, -0.15) is 4.80 Å². The van der Waals surface area contributed by atoms with Gasteiger partial charge in [-0.05, 0) is 5.21 Å². The van der Waals surface area contributed by atoms with E-state index in [-0.39, 0.29) is 24.3 Å². The largest absolute Gasteiger partial charge is 0.354 e. The molecule has 0 saturated carbocycles. The molecule has 0 fully saturated rings. The Morgan fingerprint density at radius 1 is 1.13 bits per heavy atom. The van der Waals surface area contributed by atoms with Crippen molar-refractivity contribution in [3.63, 3.8) is 0 Å². The number of carbonyl (C=O) groups excluding carboxylic acids is 2. The molecule has 0 saturated heterocycles. The standard InChI is InChI=1S/C15H20N6O2/c1-11(2)15(23)17-9-8-16-13(22)10-21-19-14(18-20-21)12-6-4-3-5-7-12/h3-7,11H,8-10H2,1-2H3,(H,16,22)(H,17,23). The van der Waals surface area contributed by atoms with Crippen LogP contribution in [0.4, 0.5) is 0 Å². The van der Waals surface area contributed by atoms with E-state index in [0.29, 0.717) is 18.9 Å². The average molecular weight is 316 g/mol. The Hall–Kier alpha value is -2.77. The molecule has 8 heteroatoms. The SMILES string of the molecule is CC(C)C(=O)NCCNC(=O)Cn1nnc(-c2ccccc2)n1. The summed E-state index contributed by atoms with van der Waals surface area (Å²) >= 11 is 0. The third-order valence-corrected chi connectivity index (χ3v) is 3.04. The van der Waals surface area contributed by atoms with Gasteiger partial charge in [0.15, 0.2) is 0 Å². The van der Waals surface area contributed by atoms with Crippen LogP contribution in [0.1, 0.15) is 13.8 Å². The zero-order valence-electron chi connectivity index (χ0n) is 13.2. The van der Waals surface area contributed by atoms with Gasteiger partial charge in [0.05, 0.1) is 0 Å². The maximum absolute atomic E-state index is 11.8. The van der Waals surface area contributed by atoms with Crippen LogP contribution in [-0.4, -0.2) is 45.1 Å². The van der Waals surface area contributed by atoms with Crippen LogP contribution in [0.3, 0.4) is 0 Å². The molecule has 2 rings (SSSR count). The summed E-state index contributed by atoms with van der Waals surface area (Å²) in [5, 5.41) is 17.4. The molecule has 1 aromatic heterocycles. The van der Waals surface area contributed by atoms with Crippen LogP contribution in [0, 0.1) is 5.92 Å². The zero-order valence-corrected chi connectivity index (χ0v) is 13.2. The summed E-state index contributed by atoms with van der Waals surface area (Å²) in [5.74, 6) is 0.134. The highest BCUT2D eigenvalue weighted by Gasteiger charge is 2.09. The second-order valence-electron chi connectivity index (χ2n) is 5.31. The van der Waals surface area contributed by atoms with E-state index < -0.39 is 0 Å². The van der Waals surface area contributed by atoms with Gasteiger partial charge in [0.2, 0.25) is 17.6 Å². The van der Waals surface area contributed by atoms with Crippen molar-refractivity contribution in [1.82, 2.24) is 30.8 Å². The summed E-state index contributed by atoms with van der Waals surface area (Å²) in [6, 6.07) is 9.42. The first-order valence-electron chi connectivity index (χ1n) is 7.44. The van der Waals surface area contributed by atoms with Crippen molar-refractivity contribution in [2.45, 2.75) is 20.4 Å². The van der Waals surface area contributed by atoms with Gasteiger partial charge in [0, 0.05) is 24.6 Å². The van der Waals surface area contributed by atoms with Gasteiger partial charge < -0.3 is 10.6 Å². The van der Waals surface area contributed by atoms with Crippen LogP contribution in [0.5, 0.6) is 0 Å². The number of rotatable bonds is 7. The topological polar surface area (TPSA) is 102 Å². The van der Waals surface area contributed by atoms with Crippen molar-refractivity contribution in [3.8, 4) is 11.4 Å². The Kier molecular flexibility index (Phi) is 5.79. The van der Waals surface area contributed by atoms with Gasteiger partial charge in [-0.1, -0.05) is 44.2 Å². The minimum Gasteiger partial charge on any atom is -0.354 e. The molecular weight excluding hydrogens is 296 g/mol. The van der Waals surface area contributed by atoms with Crippen molar-refractivity contribution in [2.75, 3.05) is 13.1 Å². The van der Waals surface area contributed by atoms with Crippen LogP contribution in [0.15, 0.2) is 30.3 Å². The molecule has 1 heterocycles. The number of nitrogens with zero attached hydrogens (tertiary/aromatic N) is 4. The Labute approximate surface area is 134 Å². The fraction of sp³-hybridized carbons (Fsp3) is 0.400. The average Bonchev–Trinajstić information content (AvgIpc) is 3.00. The van der Waals surface area contributed by atoms with E-state index in [1.165, 1.54) is 4.80 Å². The van der Waals surface area contributed by atoms with E-state index in [0.717, 1.165) is 5.56 Å². The summed E-state index contributed by atoms with van der Waals surface area (Å²) in [6.45, 7) is 4.36. The minimum atomic E-state index is -0.235. The molecule has 0 aliphatic carbocycles. The lowest BCUT2D eigenvalue weighted by atomic mass is 10.2. The Balaban J connectivity index is 1.76. The predicted molar refractivity (Wildman–Crippen MR) is 84.1 cm³/mol. The molecule has 0 spiro atoms. The van der Waals surface area contributed by atoms with E-state index in [4.69, 9.17) is 0 Å². The molecule has 1 aromatic carbocycles. The summed E-state index contributed by atoms with van der Waals surface area (Å²) in [4.78, 5) is 24.4. The van der Waals surface area contributed by atoms with Gasteiger partial charge in [-0.15, -0.1) is 10.2 Å². The van der Waals surface area contributed by atoms with Gasteiger partial charge in [-0.25, -0.2) is 0 Å². The summed E-state index contributed by atoms with van der Waals surface area (Å²) in [5.41, 5.74) is 0.843. The number of tetrazole rings is 1. The molecule has 0 aliphatic heterocycles. The Morgan fingerprint density at radius 3 is 2.52 bits per heavy atom. The minimum absolute atomic E-state index is 0.0159. The van der Waals surface area contributed by atoms with Crippen LogP contribution in [-0.2, 0) is 16.1 Å². The zero-order chi connectivity index (χ0) is 16.7. The number of hydrogen-bond donors (Lipinski definition) is 2. The summed E-state index contributed by atoms with van der Waals surface area (Å²) in [6.07, 6.45) is 0. The quantitative estimate of drug-likeness (QED) is 0.712. The maximum atomic E-state index is 11.8. The smallest absolute Gasteiger partial charge is 0.243 e. The van der Waals surface area contributed by atoms with E-state index in [9.17, 15) is 9.59 Å². The van der Waals surface area contributed by atoms with Gasteiger partial charge >= 0.3 is 0 Å². The first kappa shape index (κ1) is 16.6. The predicted octanol–water partition coefficient (Wildman–Crippen LogP) is 0.229. The second-order valence-corrected chi connectivity index (χ2v) is 5.31. The first-order chi connectivity index (χ1) is 11.1. The molecule has 0 bridgehead atoms. The number of aromatic nitrogens is 4. The normalized spacial score (nSPS) is 10.6. The van der Waals surface area contributed by atoms with Crippen molar-refractivity contribution < 1.29 is 9.59 Å². The third-order valence-electron chi connectivity index (χ3n) is 3.04.